The summed E-state index contributed by atoms with van der Waals surface area (Å²) < 4.78 is 33.5. The molecular formula is C12H17BrN2O4S. The molecule has 0 fully saturated rings. The van der Waals surface area contributed by atoms with E-state index in [1.807, 2.05) is 6.92 Å². The largest absolute Gasteiger partial charge is 0.462 e. The summed E-state index contributed by atoms with van der Waals surface area (Å²) in [6.07, 6.45) is 0.698. The number of carbonyl (C=O) groups excluding carboxylic acids is 1. The first kappa shape index (κ1) is 16.9. The van der Waals surface area contributed by atoms with Gasteiger partial charge in [-0.3, -0.25) is 4.72 Å². The molecule has 0 atom stereocenters. The fourth-order valence-electron chi connectivity index (χ4n) is 1.36. The first-order valence-electron chi connectivity index (χ1n) is 6.13. The van der Waals surface area contributed by atoms with Gasteiger partial charge in [-0.2, -0.15) is 13.1 Å². The molecule has 0 aromatic heterocycles. The molecule has 2 N–H and O–H groups in total. The Bertz CT molecular complexity index is 575. The average molecular weight is 365 g/mol. The van der Waals surface area contributed by atoms with Gasteiger partial charge in [0.1, 0.15) is 0 Å². The summed E-state index contributed by atoms with van der Waals surface area (Å²) in [6, 6.07) is 4.51. The molecule has 1 aromatic carbocycles. The summed E-state index contributed by atoms with van der Waals surface area (Å²) in [7, 11) is -3.61. The van der Waals surface area contributed by atoms with Crippen LogP contribution in [0.2, 0.25) is 0 Å². The summed E-state index contributed by atoms with van der Waals surface area (Å²) >= 11 is 3.22. The molecule has 0 spiro atoms. The Morgan fingerprint density at radius 2 is 2.05 bits per heavy atom. The van der Waals surface area contributed by atoms with Crippen LogP contribution >= 0.6 is 15.9 Å². The van der Waals surface area contributed by atoms with Crippen molar-refractivity contribution in [2.24, 2.45) is 0 Å². The van der Waals surface area contributed by atoms with E-state index in [1.165, 1.54) is 18.2 Å². The van der Waals surface area contributed by atoms with Crippen LogP contribution in [0.25, 0.3) is 0 Å². The Labute approximate surface area is 127 Å². The molecule has 0 unspecified atom stereocenters. The van der Waals surface area contributed by atoms with E-state index in [0.29, 0.717) is 28.7 Å². The number of rotatable bonds is 7. The van der Waals surface area contributed by atoms with E-state index in [9.17, 15) is 13.2 Å². The van der Waals surface area contributed by atoms with E-state index >= 15 is 0 Å². The van der Waals surface area contributed by atoms with Crippen molar-refractivity contribution in [2.75, 3.05) is 17.9 Å². The average Bonchev–Trinajstić information content (AvgIpc) is 2.39. The zero-order chi connectivity index (χ0) is 15.2. The predicted octanol–water partition coefficient (Wildman–Crippen LogP) is 2.28. The first-order chi connectivity index (χ1) is 9.39. The van der Waals surface area contributed by atoms with Crippen LogP contribution in [-0.2, 0) is 14.9 Å². The normalized spacial score (nSPS) is 11.2. The van der Waals surface area contributed by atoms with Gasteiger partial charge in [0.25, 0.3) is 10.2 Å². The Morgan fingerprint density at radius 3 is 2.60 bits per heavy atom. The van der Waals surface area contributed by atoms with Gasteiger partial charge >= 0.3 is 5.97 Å². The second kappa shape index (κ2) is 7.61. The standard InChI is InChI=1S/C12H17BrN2O4S/c1-3-7-14-20(17,18)15-11-6-5-9(8-10(11)13)12(16)19-4-2/h5-6,8,14-15H,3-4,7H2,1-2H3. The number of ether oxygens (including phenoxy) is 1. The first-order valence-corrected chi connectivity index (χ1v) is 8.41. The summed E-state index contributed by atoms with van der Waals surface area (Å²) in [6.45, 7) is 4.22. The van der Waals surface area contributed by atoms with E-state index in [2.05, 4.69) is 25.4 Å². The van der Waals surface area contributed by atoms with Gasteiger partial charge < -0.3 is 4.74 Å². The number of hydrogen-bond acceptors (Lipinski definition) is 4. The van der Waals surface area contributed by atoms with Crippen LogP contribution in [-0.4, -0.2) is 27.5 Å². The molecule has 0 saturated heterocycles. The molecule has 6 nitrogen and oxygen atoms in total. The Morgan fingerprint density at radius 1 is 1.35 bits per heavy atom. The minimum Gasteiger partial charge on any atom is -0.462 e. The molecule has 0 radical (unpaired) electrons. The van der Waals surface area contributed by atoms with Crippen molar-refractivity contribution < 1.29 is 17.9 Å². The predicted molar refractivity (Wildman–Crippen MR) is 80.9 cm³/mol. The number of halogens is 1. The second-order valence-corrected chi connectivity index (χ2v) is 6.27. The molecule has 0 bridgehead atoms. The summed E-state index contributed by atoms with van der Waals surface area (Å²) in [4.78, 5) is 11.5. The number of carbonyl (C=O) groups is 1. The lowest BCUT2D eigenvalue weighted by Gasteiger charge is -2.11. The maximum Gasteiger partial charge on any atom is 0.338 e. The van der Waals surface area contributed by atoms with Gasteiger partial charge in [-0.05, 0) is 47.5 Å². The number of hydrogen-bond donors (Lipinski definition) is 2. The van der Waals surface area contributed by atoms with Gasteiger partial charge in [-0.25, -0.2) is 4.79 Å². The number of esters is 1. The lowest BCUT2D eigenvalue weighted by molar-refractivity contribution is 0.0526. The monoisotopic (exact) mass is 364 g/mol. The summed E-state index contributed by atoms with van der Waals surface area (Å²) in [5.41, 5.74) is 0.699. The quantitative estimate of drug-likeness (QED) is 0.726. The van der Waals surface area contributed by atoms with Crippen molar-refractivity contribution in [1.82, 2.24) is 4.72 Å². The van der Waals surface area contributed by atoms with Crippen molar-refractivity contribution in [1.29, 1.82) is 0 Å². The van der Waals surface area contributed by atoms with Crippen LogP contribution in [0.15, 0.2) is 22.7 Å². The van der Waals surface area contributed by atoms with Crippen LogP contribution in [0.3, 0.4) is 0 Å². The van der Waals surface area contributed by atoms with E-state index in [4.69, 9.17) is 4.74 Å². The Kier molecular flexibility index (Phi) is 6.44. The maximum atomic E-state index is 11.7. The van der Waals surface area contributed by atoms with Crippen LogP contribution < -0.4 is 9.44 Å². The lowest BCUT2D eigenvalue weighted by Crippen LogP contribution is -2.30. The van der Waals surface area contributed by atoms with Crippen LogP contribution in [0.1, 0.15) is 30.6 Å². The van der Waals surface area contributed by atoms with Gasteiger partial charge in [-0.15, -0.1) is 0 Å². The van der Waals surface area contributed by atoms with Gasteiger partial charge in [0.05, 0.1) is 17.9 Å². The Hall–Kier alpha value is -1.12. The van der Waals surface area contributed by atoms with Crippen molar-refractivity contribution in [3.8, 4) is 0 Å². The van der Waals surface area contributed by atoms with Crippen LogP contribution in [0.5, 0.6) is 0 Å². The van der Waals surface area contributed by atoms with E-state index < -0.39 is 16.2 Å². The van der Waals surface area contributed by atoms with Gasteiger partial charge in [-0.1, -0.05) is 6.92 Å². The topological polar surface area (TPSA) is 84.5 Å². The van der Waals surface area contributed by atoms with E-state index in [-0.39, 0.29) is 6.61 Å². The molecule has 1 aromatic rings. The van der Waals surface area contributed by atoms with Gasteiger partial charge in [0, 0.05) is 11.0 Å². The highest BCUT2D eigenvalue weighted by atomic mass is 79.9. The van der Waals surface area contributed by atoms with Crippen molar-refractivity contribution in [3.05, 3.63) is 28.2 Å². The summed E-state index contributed by atoms with van der Waals surface area (Å²) in [5, 5.41) is 0. The van der Waals surface area contributed by atoms with Gasteiger partial charge in [0.15, 0.2) is 0 Å². The minimum atomic E-state index is -3.61. The maximum absolute atomic E-state index is 11.7. The highest BCUT2D eigenvalue weighted by Gasteiger charge is 2.13. The van der Waals surface area contributed by atoms with Gasteiger partial charge in [0.2, 0.25) is 0 Å². The summed E-state index contributed by atoms with van der Waals surface area (Å²) in [5.74, 6) is -0.452. The SMILES string of the molecule is CCCNS(=O)(=O)Nc1ccc(C(=O)OCC)cc1Br. The molecule has 112 valence electrons. The van der Waals surface area contributed by atoms with Crippen molar-refractivity contribution in [3.63, 3.8) is 0 Å². The second-order valence-electron chi connectivity index (χ2n) is 3.91. The molecule has 0 aliphatic heterocycles. The molecule has 0 aliphatic carbocycles. The zero-order valence-corrected chi connectivity index (χ0v) is 13.7. The molecular weight excluding hydrogens is 348 g/mol. The molecule has 0 amide bonds. The van der Waals surface area contributed by atoms with Crippen LogP contribution in [0, 0.1) is 0 Å². The molecule has 1 rings (SSSR count). The van der Waals surface area contributed by atoms with Crippen LogP contribution in [0.4, 0.5) is 5.69 Å². The molecule has 8 heteroatoms. The third-order valence-electron chi connectivity index (χ3n) is 2.27. The third kappa shape index (κ3) is 5.10. The fourth-order valence-corrected chi connectivity index (χ4v) is 2.98. The molecule has 0 heterocycles. The Balaban J connectivity index is 2.86. The highest BCUT2D eigenvalue weighted by molar-refractivity contribution is 9.10. The van der Waals surface area contributed by atoms with E-state index in [0.717, 1.165) is 0 Å². The van der Waals surface area contributed by atoms with Crippen molar-refractivity contribution >= 4 is 37.8 Å². The lowest BCUT2D eigenvalue weighted by atomic mass is 10.2. The number of anilines is 1. The highest BCUT2D eigenvalue weighted by Crippen LogP contribution is 2.24. The minimum absolute atomic E-state index is 0.284. The van der Waals surface area contributed by atoms with E-state index in [1.54, 1.807) is 6.92 Å². The molecule has 20 heavy (non-hydrogen) atoms. The number of benzene rings is 1. The molecule has 0 saturated carbocycles. The van der Waals surface area contributed by atoms with Crippen molar-refractivity contribution in [2.45, 2.75) is 20.3 Å². The molecule has 0 aliphatic rings. The fraction of sp³-hybridized carbons (Fsp3) is 0.417. The zero-order valence-electron chi connectivity index (χ0n) is 11.3. The number of nitrogens with one attached hydrogen (secondary N) is 2. The third-order valence-corrected chi connectivity index (χ3v) is 4.00. The smallest absolute Gasteiger partial charge is 0.338 e.